The van der Waals surface area contributed by atoms with Crippen LogP contribution in [0.4, 0.5) is 11.4 Å². The van der Waals surface area contributed by atoms with Gasteiger partial charge in [-0.3, -0.25) is 4.90 Å². The molecule has 0 amide bonds. The van der Waals surface area contributed by atoms with Gasteiger partial charge in [0.2, 0.25) is 0 Å². The second kappa shape index (κ2) is 6.50. The maximum absolute atomic E-state index is 6.07. The summed E-state index contributed by atoms with van der Waals surface area (Å²) < 4.78 is 1.19. The van der Waals surface area contributed by atoms with E-state index >= 15 is 0 Å². The van der Waals surface area contributed by atoms with Crippen molar-refractivity contribution in [3.8, 4) is 0 Å². The Hall–Kier alpha value is -1.52. The van der Waals surface area contributed by atoms with E-state index in [9.17, 15) is 0 Å². The van der Waals surface area contributed by atoms with E-state index < -0.39 is 0 Å². The SMILES string of the molecule is Nc1ccccc1N1CCN(Cc2ccccc2Br)CC1. The van der Waals surface area contributed by atoms with E-state index in [4.69, 9.17) is 5.73 Å². The largest absolute Gasteiger partial charge is 0.397 e. The zero-order chi connectivity index (χ0) is 14.7. The molecule has 1 saturated heterocycles. The van der Waals surface area contributed by atoms with Crippen LogP contribution in [0.5, 0.6) is 0 Å². The number of nitrogens with zero attached hydrogens (tertiary/aromatic N) is 2. The van der Waals surface area contributed by atoms with Crippen LogP contribution >= 0.6 is 15.9 Å². The highest BCUT2D eigenvalue weighted by Crippen LogP contribution is 2.24. The van der Waals surface area contributed by atoms with Crippen molar-refractivity contribution in [2.24, 2.45) is 0 Å². The molecule has 1 heterocycles. The molecule has 4 heteroatoms. The van der Waals surface area contributed by atoms with Gasteiger partial charge in [0.25, 0.3) is 0 Å². The van der Waals surface area contributed by atoms with Crippen molar-refractivity contribution in [1.82, 2.24) is 4.90 Å². The van der Waals surface area contributed by atoms with Gasteiger partial charge in [-0.05, 0) is 23.8 Å². The number of nitrogen functional groups attached to an aromatic ring is 1. The summed E-state index contributed by atoms with van der Waals surface area (Å²) in [5.41, 5.74) is 9.46. The number of para-hydroxylation sites is 2. The zero-order valence-corrected chi connectivity index (χ0v) is 13.6. The highest BCUT2D eigenvalue weighted by Gasteiger charge is 2.18. The fourth-order valence-electron chi connectivity index (χ4n) is 2.79. The first-order valence-electron chi connectivity index (χ1n) is 7.29. The number of nitrogens with two attached hydrogens (primary N) is 1. The summed E-state index contributed by atoms with van der Waals surface area (Å²) in [6, 6.07) is 16.6. The molecule has 0 spiro atoms. The number of hydrogen-bond donors (Lipinski definition) is 1. The summed E-state index contributed by atoms with van der Waals surface area (Å²) in [7, 11) is 0. The van der Waals surface area contributed by atoms with Crippen molar-refractivity contribution in [2.45, 2.75) is 6.54 Å². The minimum atomic E-state index is 0.872. The molecule has 2 N–H and O–H groups in total. The fraction of sp³-hybridized carbons (Fsp3) is 0.294. The summed E-state index contributed by atoms with van der Waals surface area (Å²) in [6.07, 6.45) is 0. The predicted octanol–water partition coefficient (Wildman–Crippen LogP) is 3.35. The summed E-state index contributed by atoms with van der Waals surface area (Å²) in [5, 5.41) is 0. The summed E-state index contributed by atoms with van der Waals surface area (Å²) in [4.78, 5) is 4.88. The fourth-order valence-corrected chi connectivity index (χ4v) is 3.20. The minimum Gasteiger partial charge on any atom is -0.397 e. The van der Waals surface area contributed by atoms with Crippen molar-refractivity contribution < 1.29 is 0 Å². The Balaban J connectivity index is 1.61. The Kier molecular flexibility index (Phi) is 4.46. The lowest BCUT2D eigenvalue weighted by Crippen LogP contribution is -2.46. The van der Waals surface area contributed by atoms with Crippen LogP contribution in [0, 0.1) is 0 Å². The van der Waals surface area contributed by atoms with Crippen LogP contribution in [-0.2, 0) is 6.54 Å². The number of anilines is 2. The maximum atomic E-state index is 6.07. The molecule has 3 rings (SSSR count). The third-order valence-electron chi connectivity index (χ3n) is 4.00. The van der Waals surface area contributed by atoms with Crippen LogP contribution in [-0.4, -0.2) is 31.1 Å². The lowest BCUT2D eigenvalue weighted by molar-refractivity contribution is 0.249. The second-order valence-electron chi connectivity index (χ2n) is 5.41. The molecule has 21 heavy (non-hydrogen) atoms. The average Bonchev–Trinajstić information content (AvgIpc) is 2.51. The lowest BCUT2D eigenvalue weighted by atomic mass is 10.2. The molecule has 110 valence electrons. The number of benzene rings is 2. The van der Waals surface area contributed by atoms with Crippen LogP contribution < -0.4 is 10.6 Å². The highest BCUT2D eigenvalue weighted by molar-refractivity contribution is 9.10. The van der Waals surface area contributed by atoms with Crippen LogP contribution in [0.1, 0.15) is 5.56 Å². The predicted molar refractivity (Wildman–Crippen MR) is 92.5 cm³/mol. The van der Waals surface area contributed by atoms with Crippen LogP contribution in [0.15, 0.2) is 53.0 Å². The molecule has 1 aliphatic rings. The molecule has 0 unspecified atom stereocenters. The molecule has 0 bridgehead atoms. The third kappa shape index (κ3) is 3.39. The first kappa shape index (κ1) is 14.4. The van der Waals surface area contributed by atoms with E-state index in [1.807, 2.05) is 12.1 Å². The Labute approximate surface area is 134 Å². The third-order valence-corrected chi connectivity index (χ3v) is 4.78. The number of rotatable bonds is 3. The normalized spacial score (nSPS) is 16.1. The van der Waals surface area contributed by atoms with E-state index in [0.29, 0.717) is 0 Å². The molecule has 0 aromatic heterocycles. The van der Waals surface area contributed by atoms with Gasteiger partial charge in [-0.25, -0.2) is 0 Å². The van der Waals surface area contributed by atoms with E-state index in [1.165, 1.54) is 10.0 Å². The summed E-state index contributed by atoms with van der Waals surface area (Å²) in [6.45, 7) is 5.18. The molecule has 0 atom stereocenters. The van der Waals surface area contributed by atoms with Gasteiger partial charge in [-0.1, -0.05) is 46.3 Å². The quantitative estimate of drug-likeness (QED) is 0.865. The topological polar surface area (TPSA) is 32.5 Å². The molecule has 2 aromatic carbocycles. The second-order valence-corrected chi connectivity index (χ2v) is 6.27. The van der Waals surface area contributed by atoms with E-state index in [2.05, 4.69) is 62.1 Å². The van der Waals surface area contributed by atoms with Crippen LogP contribution in [0.3, 0.4) is 0 Å². The molecule has 3 nitrogen and oxygen atoms in total. The van der Waals surface area contributed by atoms with E-state index in [1.54, 1.807) is 0 Å². The molecule has 1 aliphatic heterocycles. The molecule has 0 aliphatic carbocycles. The molecular weight excluding hydrogens is 326 g/mol. The smallest absolute Gasteiger partial charge is 0.0600 e. The first-order chi connectivity index (χ1) is 10.2. The standard InChI is InChI=1S/C17H20BrN3/c18-15-6-2-1-5-14(15)13-20-9-11-21(12-10-20)17-8-4-3-7-16(17)19/h1-8H,9-13,19H2. The highest BCUT2D eigenvalue weighted by atomic mass is 79.9. The average molecular weight is 346 g/mol. The van der Waals surface area contributed by atoms with Crippen molar-refractivity contribution in [1.29, 1.82) is 0 Å². The zero-order valence-electron chi connectivity index (χ0n) is 12.0. The molecule has 1 fully saturated rings. The first-order valence-corrected chi connectivity index (χ1v) is 8.08. The van der Waals surface area contributed by atoms with Crippen LogP contribution in [0.25, 0.3) is 0 Å². The van der Waals surface area contributed by atoms with Gasteiger partial charge in [0.05, 0.1) is 11.4 Å². The maximum Gasteiger partial charge on any atom is 0.0600 e. The van der Waals surface area contributed by atoms with Gasteiger partial charge in [-0.15, -0.1) is 0 Å². The summed E-state index contributed by atoms with van der Waals surface area (Å²) in [5.74, 6) is 0. The van der Waals surface area contributed by atoms with Gasteiger partial charge < -0.3 is 10.6 Å². The van der Waals surface area contributed by atoms with Gasteiger partial charge in [-0.2, -0.15) is 0 Å². The Morgan fingerprint density at radius 3 is 2.29 bits per heavy atom. The minimum absolute atomic E-state index is 0.872. The monoisotopic (exact) mass is 345 g/mol. The van der Waals surface area contributed by atoms with E-state index in [0.717, 1.165) is 44.1 Å². The van der Waals surface area contributed by atoms with Gasteiger partial charge in [0.1, 0.15) is 0 Å². The molecule has 0 saturated carbocycles. The Bertz CT molecular complexity index is 606. The van der Waals surface area contributed by atoms with Gasteiger partial charge in [0, 0.05) is 37.2 Å². The van der Waals surface area contributed by atoms with Gasteiger partial charge >= 0.3 is 0 Å². The van der Waals surface area contributed by atoms with Crippen molar-refractivity contribution >= 4 is 27.3 Å². The Morgan fingerprint density at radius 2 is 1.57 bits per heavy atom. The number of piperazine rings is 1. The van der Waals surface area contributed by atoms with Crippen molar-refractivity contribution in [3.05, 3.63) is 58.6 Å². The number of hydrogen-bond acceptors (Lipinski definition) is 3. The Morgan fingerprint density at radius 1 is 0.905 bits per heavy atom. The number of halogens is 1. The van der Waals surface area contributed by atoms with Gasteiger partial charge in [0.15, 0.2) is 0 Å². The molecule has 0 radical (unpaired) electrons. The summed E-state index contributed by atoms with van der Waals surface area (Å²) >= 11 is 3.63. The van der Waals surface area contributed by atoms with Crippen LogP contribution in [0.2, 0.25) is 0 Å². The molecular formula is C17H20BrN3. The van der Waals surface area contributed by atoms with Crippen molar-refractivity contribution in [3.63, 3.8) is 0 Å². The van der Waals surface area contributed by atoms with E-state index in [-0.39, 0.29) is 0 Å². The van der Waals surface area contributed by atoms with Crippen molar-refractivity contribution in [2.75, 3.05) is 36.8 Å². The molecule has 2 aromatic rings. The lowest BCUT2D eigenvalue weighted by Gasteiger charge is -2.36.